The van der Waals surface area contributed by atoms with Crippen molar-refractivity contribution in [2.24, 2.45) is 0 Å². The molecule has 3 rings (SSSR count). The first kappa shape index (κ1) is 19.8. The van der Waals surface area contributed by atoms with E-state index in [4.69, 9.17) is 0 Å². The van der Waals surface area contributed by atoms with Crippen LogP contribution in [0.25, 0.3) is 0 Å². The van der Waals surface area contributed by atoms with Gasteiger partial charge in [0.2, 0.25) is 0 Å². The van der Waals surface area contributed by atoms with Crippen LogP contribution in [-0.2, 0) is 0 Å². The number of hydrogen-bond acceptors (Lipinski definition) is 0. The molecule has 0 amide bonds. The van der Waals surface area contributed by atoms with E-state index in [0.717, 1.165) is 0 Å². The third-order valence-electron chi connectivity index (χ3n) is 5.34. The van der Waals surface area contributed by atoms with Gasteiger partial charge in [-0.1, -0.05) is 64.4 Å². The first-order chi connectivity index (χ1) is 12.0. The average molecular weight is 382 g/mol. The Kier molecular flexibility index (Phi) is 5.24. The molecule has 2 atom stereocenters. The smallest absolute Gasteiger partial charge is 0.0519 e. The van der Waals surface area contributed by atoms with Crippen LogP contribution in [0.2, 0.25) is 0 Å². The zero-order valence-corrected chi connectivity index (χ0v) is 19.6. The molecule has 0 nitrogen and oxygen atoms in total. The van der Waals surface area contributed by atoms with Crippen LogP contribution in [-0.4, -0.2) is 10.2 Å². The van der Waals surface area contributed by atoms with Gasteiger partial charge in [-0.05, 0) is 88.0 Å². The van der Waals surface area contributed by atoms with Crippen LogP contribution in [0.15, 0.2) is 24.3 Å². The molecule has 0 bridgehead atoms. The summed E-state index contributed by atoms with van der Waals surface area (Å²) in [5.74, 6) is 0. The lowest BCUT2D eigenvalue weighted by molar-refractivity contribution is 0.785. The number of rotatable bonds is 2. The van der Waals surface area contributed by atoms with Gasteiger partial charge < -0.3 is 0 Å². The predicted molar refractivity (Wildman–Crippen MR) is 122 cm³/mol. The Bertz CT molecular complexity index is 851. The molecule has 0 N–H and O–H groups in total. The largest absolute Gasteiger partial charge is 0.0819 e. The van der Waals surface area contributed by atoms with Crippen LogP contribution in [0.3, 0.4) is 0 Å². The van der Waals surface area contributed by atoms with Crippen LogP contribution in [0.5, 0.6) is 0 Å². The van der Waals surface area contributed by atoms with E-state index in [2.05, 4.69) is 86.6 Å². The molecule has 0 spiro atoms. The molecule has 2 unspecified atom stereocenters. The lowest BCUT2D eigenvalue weighted by Gasteiger charge is -2.46. The zero-order valence-electron chi connectivity index (χ0n) is 17.8. The number of hydrogen-bond donors (Lipinski definition) is 0. The summed E-state index contributed by atoms with van der Waals surface area (Å²) >= 11 is 0. The first-order valence-electron chi connectivity index (χ1n) is 9.54. The van der Waals surface area contributed by atoms with Gasteiger partial charge >= 0.3 is 0 Å². The summed E-state index contributed by atoms with van der Waals surface area (Å²) in [7, 11) is 1.33. The fourth-order valence-electron chi connectivity index (χ4n) is 4.49. The second-order valence-corrected chi connectivity index (χ2v) is 14.0. The third kappa shape index (κ3) is 3.44. The Morgan fingerprint density at radius 2 is 1.15 bits per heavy atom. The highest BCUT2D eigenvalue weighted by atomic mass is 31.2. The predicted octanol–water partition coefficient (Wildman–Crippen LogP) is 7.95. The molecule has 26 heavy (non-hydrogen) atoms. The molecular formula is C24H32P2. The van der Waals surface area contributed by atoms with E-state index >= 15 is 0 Å². The highest BCUT2D eigenvalue weighted by molar-refractivity contribution is 7.99. The molecule has 2 aromatic rings. The average Bonchev–Trinajstić information content (AvgIpc) is 2.40. The maximum absolute atomic E-state index is 2.44. The molecule has 2 heteroatoms. The maximum Gasteiger partial charge on any atom is 0.0519 e. The van der Waals surface area contributed by atoms with Crippen molar-refractivity contribution in [3.8, 4) is 0 Å². The van der Waals surface area contributed by atoms with Crippen molar-refractivity contribution in [2.45, 2.75) is 72.9 Å². The Balaban J connectivity index is 2.17. The van der Waals surface area contributed by atoms with Crippen molar-refractivity contribution in [2.75, 3.05) is 0 Å². The summed E-state index contributed by atoms with van der Waals surface area (Å²) in [6.07, 6.45) is 0. The van der Waals surface area contributed by atoms with E-state index in [1.807, 2.05) is 0 Å². The standard InChI is InChI=1S/C24H32P2/c1-14-10-16(3)20(17(4)11-14)22-25-23(26(22)24(7,8)9)21-18(5)12-15(2)13-19(21)6/h10-13,22H,1-9H3. The summed E-state index contributed by atoms with van der Waals surface area (Å²) in [6, 6.07) is 9.45. The molecular weight excluding hydrogens is 350 g/mol. The first-order valence-corrected chi connectivity index (χ1v) is 11.9. The third-order valence-corrected chi connectivity index (χ3v) is 11.2. The molecule has 0 radical (unpaired) electrons. The van der Waals surface area contributed by atoms with Crippen LogP contribution in [0, 0.1) is 41.5 Å². The summed E-state index contributed by atoms with van der Waals surface area (Å²) in [6.45, 7) is 21.0. The summed E-state index contributed by atoms with van der Waals surface area (Å²) < 4.78 is 0. The molecule has 1 aliphatic heterocycles. The Hall–Kier alpha value is -0.960. The molecule has 0 fully saturated rings. The minimum atomic E-state index is -0.198. The van der Waals surface area contributed by atoms with Gasteiger partial charge in [-0.15, -0.1) is 0 Å². The normalized spacial score (nSPS) is 20.6. The second kappa shape index (κ2) is 6.89. The van der Waals surface area contributed by atoms with E-state index in [1.165, 1.54) is 41.6 Å². The fourth-order valence-corrected chi connectivity index (χ4v) is 12.1. The summed E-state index contributed by atoms with van der Waals surface area (Å²) in [4.78, 5) is 0. The fraction of sp³-hybridized carbons (Fsp3) is 0.458. The van der Waals surface area contributed by atoms with Crippen LogP contribution >= 0.6 is 16.1 Å². The van der Waals surface area contributed by atoms with Crippen molar-refractivity contribution in [1.29, 1.82) is 0 Å². The van der Waals surface area contributed by atoms with Crippen molar-refractivity contribution in [3.63, 3.8) is 0 Å². The van der Waals surface area contributed by atoms with Crippen molar-refractivity contribution >= 4 is 21.2 Å². The lowest BCUT2D eigenvalue weighted by Crippen LogP contribution is -2.26. The van der Waals surface area contributed by atoms with Gasteiger partial charge in [0.15, 0.2) is 0 Å². The highest BCUT2D eigenvalue weighted by Gasteiger charge is 2.44. The van der Waals surface area contributed by atoms with Gasteiger partial charge in [0, 0.05) is 5.03 Å². The van der Waals surface area contributed by atoms with E-state index < -0.39 is 0 Å². The van der Waals surface area contributed by atoms with E-state index in [-0.39, 0.29) is 7.92 Å². The minimum absolute atomic E-state index is 0.198. The van der Waals surface area contributed by atoms with Gasteiger partial charge in [-0.3, -0.25) is 0 Å². The molecule has 0 aromatic heterocycles. The number of benzene rings is 2. The van der Waals surface area contributed by atoms with Crippen LogP contribution in [0.1, 0.15) is 70.7 Å². The Morgan fingerprint density at radius 3 is 1.58 bits per heavy atom. The molecule has 0 saturated heterocycles. The molecule has 138 valence electrons. The van der Waals surface area contributed by atoms with E-state index in [1.54, 1.807) is 16.2 Å². The highest BCUT2D eigenvalue weighted by Crippen LogP contribution is 2.76. The van der Waals surface area contributed by atoms with Gasteiger partial charge in [0.05, 0.1) is 5.40 Å². The van der Waals surface area contributed by atoms with Crippen molar-refractivity contribution < 1.29 is 0 Å². The molecule has 2 aromatic carbocycles. The molecule has 0 aliphatic carbocycles. The Morgan fingerprint density at radius 1 is 0.731 bits per heavy atom. The molecule has 0 saturated carbocycles. The summed E-state index contributed by atoms with van der Waals surface area (Å²) in [5.41, 5.74) is 11.8. The number of aryl methyl sites for hydroxylation is 6. The van der Waals surface area contributed by atoms with Crippen LogP contribution in [0.4, 0.5) is 0 Å². The lowest BCUT2D eigenvalue weighted by atomic mass is 10.0. The topological polar surface area (TPSA) is 0 Å². The monoisotopic (exact) mass is 382 g/mol. The van der Waals surface area contributed by atoms with Crippen LogP contribution < -0.4 is 0 Å². The summed E-state index contributed by atoms with van der Waals surface area (Å²) in [5, 5.41) is 2.72. The van der Waals surface area contributed by atoms with Gasteiger partial charge in [-0.25, -0.2) is 0 Å². The SMILES string of the molecule is Cc1cc(C)c(C2=PC(c3c(C)cc(C)cc3C)P2C(C)(C)C)c(C)c1. The van der Waals surface area contributed by atoms with Crippen molar-refractivity contribution in [1.82, 2.24) is 0 Å². The second-order valence-electron chi connectivity index (χ2n) is 8.95. The zero-order chi connectivity index (χ0) is 19.4. The minimum Gasteiger partial charge on any atom is -0.0819 e. The van der Waals surface area contributed by atoms with E-state index in [0.29, 0.717) is 10.6 Å². The van der Waals surface area contributed by atoms with Gasteiger partial charge in [0.1, 0.15) is 0 Å². The Labute approximate surface area is 163 Å². The molecule has 1 heterocycles. The quantitative estimate of drug-likeness (QED) is 0.462. The van der Waals surface area contributed by atoms with Crippen molar-refractivity contribution in [3.05, 3.63) is 68.8 Å². The van der Waals surface area contributed by atoms with Gasteiger partial charge in [0.25, 0.3) is 0 Å². The maximum atomic E-state index is 2.44. The molecule has 1 aliphatic rings. The van der Waals surface area contributed by atoms with Gasteiger partial charge in [-0.2, -0.15) is 0 Å². The van der Waals surface area contributed by atoms with E-state index in [9.17, 15) is 0 Å².